The predicted octanol–water partition coefficient (Wildman–Crippen LogP) is 5.02. The third-order valence-corrected chi connectivity index (χ3v) is 7.91. The van der Waals surface area contributed by atoms with Gasteiger partial charge in [-0.2, -0.15) is 0 Å². The number of aliphatic hydroxyl groups excluding tert-OH is 3. The van der Waals surface area contributed by atoms with E-state index in [4.69, 9.17) is 0 Å². The van der Waals surface area contributed by atoms with Gasteiger partial charge in [0.2, 0.25) is 0 Å². The van der Waals surface area contributed by atoms with E-state index in [2.05, 4.69) is 13.8 Å². The van der Waals surface area contributed by atoms with Crippen LogP contribution in [0.25, 0.3) is 0 Å². The molecule has 0 saturated heterocycles. The molecule has 0 aliphatic heterocycles. The number of hydrogen-bond acceptors (Lipinski definition) is 3. The maximum Gasteiger partial charge on any atom is 0.196 e. The normalized spacial score (nSPS) is 50.9. The fourth-order valence-corrected chi connectivity index (χ4v) is 6.63. The van der Waals surface area contributed by atoms with Crippen LogP contribution in [0.4, 0.5) is 0 Å². The monoisotopic (exact) mass is 304 g/mol. The Morgan fingerprint density at radius 1 is 0.955 bits per heavy atom. The standard InChI is InChI=1S/C19H28O3/c1-18-8-3-4-13(18)12-6-5-11-10-15(20)16(21)17(22)19(11,2)14(12)7-9-18/h10-14,20-22H,3-9H2,1-2H3/t11-,12+,13+,14+,18+,19+/m1/s1. The van der Waals surface area contributed by atoms with Crippen molar-refractivity contribution in [1.29, 1.82) is 0 Å². The van der Waals surface area contributed by atoms with Crippen LogP contribution in [-0.4, -0.2) is 15.3 Å². The highest BCUT2D eigenvalue weighted by Gasteiger charge is 2.59. The first-order valence-electron chi connectivity index (χ1n) is 8.92. The summed E-state index contributed by atoms with van der Waals surface area (Å²) < 4.78 is 0. The summed E-state index contributed by atoms with van der Waals surface area (Å²) in [6.07, 6.45) is 10.4. The molecule has 0 aromatic rings. The first-order valence-corrected chi connectivity index (χ1v) is 8.92. The lowest BCUT2D eigenvalue weighted by molar-refractivity contribution is -0.0785. The summed E-state index contributed by atoms with van der Waals surface area (Å²) in [6.45, 7) is 4.58. The van der Waals surface area contributed by atoms with Gasteiger partial charge in [-0.1, -0.05) is 20.3 Å². The quantitative estimate of drug-likeness (QED) is 0.589. The second-order valence-corrected chi connectivity index (χ2v) is 8.68. The second kappa shape index (κ2) is 4.46. The van der Waals surface area contributed by atoms with E-state index < -0.39 is 5.41 Å². The van der Waals surface area contributed by atoms with Crippen LogP contribution in [0, 0.1) is 34.5 Å². The van der Waals surface area contributed by atoms with Crippen LogP contribution in [0.1, 0.15) is 58.8 Å². The van der Waals surface area contributed by atoms with Crippen molar-refractivity contribution in [3.8, 4) is 0 Å². The van der Waals surface area contributed by atoms with Gasteiger partial charge in [0.25, 0.3) is 0 Å². The van der Waals surface area contributed by atoms with Gasteiger partial charge in [0.15, 0.2) is 11.5 Å². The van der Waals surface area contributed by atoms with Gasteiger partial charge < -0.3 is 15.3 Å². The van der Waals surface area contributed by atoms with E-state index in [1.807, 2.05) is 0 Å². The van der Waals surface area contributed by atoms with Crippen LogP contribution in [0.3, 0.4) is 0 Å². The lowest BCUT2D eigenvalue weighted by atomic mass is 9.46. The summed E-state index contributed by atoms with van der Waals surface area (Å²) in [5, 5.41) is 30.6. The van der Waals surface area contributed by atoms with Crippen LogP contribution in [0.15, 0.2) is 23.4 Å². The molecule has 0 unspecified atom stereocenters. The zero-order valence-electron chi connectivity index (χ0n) is 13.7. The molecule has 3 saturated carbocycles. The molecule has 0 bridgehead atoms. The van der Waals surface area contributed by atoms with Gasteiger partial charge in [-0.25, -0.2) is 0 Å². The molecule has 122 valence electrons. The van der Waals surface area contributed by atoms with Crippen LogP contribution in [0.5, 0.6) is 0 Å². The highest BCUT2D eigenvalue weighted by Crippen LogP contribution is 2.66. The van der Waals surface area contributed by atoms with Crippen molar-refractivity contribution in [3.63, 3.8) is 0 Å². The molecule has 3 N–H and O–H groups in total. The number of rotatable bonds is 0. The summed E-state index contributed by atoms with van der Waals surface area (Å²) in [7, 11) is 0. The van der Waals surface area contributed by atoms with E-state index in [0.717, 1.165) is 18.8 Å². The minimum Gasteiger partial charge on any atom is -0.508 e. The Hall–Kier alpha value is -1.12. The molecule has 4 aliphatic rings. The summed E-state index contributed by atoms with van der Waals surface area (Å²) in [5.41, 5.74) is 0.0987. The van der Waals surface area contributed by atoms with Crippen LogP contribution < -0.4 is 0 Å². The van der Waals surface area contributed by atoms with E-state index in [1.165, 1.54) is 32.1 Å². The zero-order chi connectivity index (χ0) is 15.7. The average Bonchev–Trinajstić information content (AvgIpc) is 2.89. The molecule has 4 rings (SSSR count). The molecular formula is C19H28O3. The van der Waals surface area contributed by atoms with Gasteiger partial charge in [0, 0.05) is 5.41 Å². The largest absolute Gasteiger partial charge is 0.508 e. The van der Waals surface area contributed by atoms with Gasteiger partial charge in [-0.05, 0) is 73.7 Å². The SMILES string of the molecule is C[C@@]12CCC[C@H]1[C@@H]1CC[C@@H]3C=C(O)C(O)=C(O)[C@]3(C)[C@H]1CC2. The number of fused-ring (bicyclic) bond motifs is 5. The van der Waals surface area contributed by atoms with Crippen molar-refractivity contribution < 1.29 is 15.3 Å². The number of allylic oxidation sites excluding steroid dienone is 2. The Balaban J connectivity index is 1.75. The zero-order valence-corrected chi connectivity index (χ0v) is 13.7. The van der Waals surface area contributed by atoms with Crippen molar-refractivity contribution in [1.82, 2.24) is 0 Å². The van der Waals surface area contributed by atoms with Crippen LogP contribution in [-0.2, 0) is 0 Å². The second-order valence-electron chi connectivity index (χ2n) is 8.68. The fraction of sp³-hybridized carbons (Fsp3) is 0.789. The van der Waals surface area contributed by atoms with Crippen molar-refractivity contribution in [2.24, 2.45) is 34.5 Å². The molecule has 0 aromatic carbocycles. The van der Waals surface area contributed by atoms with Crippen molar-refractivity contribution in [3.05, 3.63) is 23.4 Å². The Kier molecular flexibility index (Phi) is 2.93. The molecule has 0 heterocycles. The van der Waals surface area contributed by atoms with Crippen LogP contribution in [0.2, 0.25) is 0 Å². The van der Waals surface area contributed by atoms with Gasteiger partial charge in [-0.15, -0.1) is 0 Å². The molecule has 3 nitrogen and oxygen atoms in total. The molecule has 22 heavy (non-hydrogen) atoms. The van der Waals surface area contributed by atoms with Gasteiger partial charge in [0.1, 0.15) is 5.76 Å². The van der Waals surface area contributed by atoms with Gasteiger partial charge in [-0.3, -0.25) is 0 Å². The summed E-state index contributed by atoms with van der Waals surface area (Å²) in [4.78, 5) is 0. The fourth-order valence-electron chi connectivity index (χ4n) is 6.63. The maximum absolute atomic E-state index is 10.7. The van der Waals surface area contributed by atoms with E-state index in [-0.39, 0.29) is 23.2 Å². The Labute approximate surface area is 132 Å². The first kappa shape index (κ1) is 14.5. The van der Waals surface area contributed by atoms with Crippen LogP contribution >= 0.6 is 0 Å². The Bertz CT molecular complexity index is 563. The number of aliphatic hydroxyl groups is 3. The van der Waals surface area contributed by atoms with E-state index in [1.54, 1.807) is 6.08 Å². The molecule has 0 radical (unpaired) electrons. The molecule has 3 heteroatoms. The molecule has 0 spiro atoms. The molecule has 6 atom stereocenters. The molecular weight excluding hydrogens is 276 g/mol. The average molecular weight is 304 g/mol. The highest BCUT2D eigenvalue weighted by molar-refractivity contribution is 5.34. The Morgan fingerprint density at radius 3 is 2.50 bits per heavy atom. The molecule has 0 amide bonds. The Morgan fingerprint density at radius 2 is 1.73 bits per heavy atom. The summed E-state index contributed by atoms with van der Waals surface area (Å²) in [5.74, 6) is 1.61. The van der Waals surface area contributed by atoms with Gasteiger partial charge in [0.05, 0.1) is 0 Å². The van der Waals surface area contributed by atoms with E-state index in [0.29, 0.717) is 17.3 Å². The van der Waals surface area contributed by atoms with E-state index in [9.17, 15) is 15.3 Å². The molecule has 0 aromatic heterocycles. The van der Waals surface area contributed by atoms with Crippen molar-refractivity contribution in [2.75, 3.05) is 0 Å². The molecule has 3 fully saturated rings. The van der Waals surface area contributed by atoms with E-state index >= 15 is 0 Å². The smallest absolute Gasteiger partial charge is 0.196 e. The van der Waals surface area contributed by atoms with Gasteiger partial charge >= 0.3 is 0 Å². The minimum absolute atomic E-state index is 0.0359. The number of hydrogen-bond donors (Lipinski definition) is 3. The van der Waals surface area contributed by atoms with Crippen molar-refractivity contribution in [2.45, 2.75) is 58.8 Å². The summed E-state index contributed by atoms with van der Waals surface area (Å²) >= 11 is 0. The topological polar surface area (TPSA) is 60.7 Å². The third-order valence-electron chi connectivity index (χ3n) is 7.91. The lowest BCUT2D eigenvalue weighted by Gasteiger charge is -2.58. The molecule has 4 aliphatic carbocycles. The predicted molar refractivity (Wildman–Crippen MR) is 85.5 cm³/mol. The van der Waals surface area contributed by atoms with Crippen molar-refractivity contribution >= 4 is 0 Å². The third kappa shape index (κ3) is 1.63. The minimum atomic E-state index is -0.400. The summed E-state index contributed by atoms with van der Waals surface area (Å²) in [6, 6.07) is 0. The highest BCUT2D eigenvalue weighted by atomic mass is 16.3. The first-order chi connectivity index (χ1) is 10.4. The maximum atomic E-state index is 10.7. The lowest BCUT2D eigenvalue weighted by Crippen LogP contribution is -2.52.